The van der Waals surface area contributed by atoms with Gasteiger partial charge in [0.15, 0.2) is 11.5 Å². The van der Waals surface area contributed by atoms with Crippen molar-refractivity contribution >= 4 is 51.6 Å². The number of amides is 1. The fraction of sp³-hybridized carbons (Fsp3) is 0.0333. The van der Waals surface area contributed by atoms with Crippen molar-refractivity contribution in [2.75, 3.05) is 7.11 Å². The van der Waals surface area contributed by atoms with E-state index in [2.05, 4.69) is 38.1 Å². The number of hydrogen-bond acceptors (Lipinski definition) is 5. The number of rotatable bonds is 7. The van der Waals surface area contributed by atoms with Gasteiger partial charge in [0.05, 0.1) is 24.4 Å². The van der Waals surface area contributed by atoms with Gasteiger partial charge in [0.25, 0.3) is 5.91 Å². The fourth-order valence-corrected chi connectivity index (χ4v) is 4.69. The monoisotopic (exact) mass is 615 g/mol. The lowest BCUT2D eigenvalue weighted by Gasteiger charge is -2.10. The molecule has 0 fully saturated rings. The summed E-state index contributed by atoms with van der Waals surface area (Å²) in [7, 11) is 1.49. The molecule has 5 rings (SSSR count). The SMILES string of the molecule is COc1cc(C=NNC(=O)c2[nH]c3c(I)cccc3c2-c2ccccc2)ccc1OC(=O)c1ccccc1. The van der Waals surface area contributed by atoms with Gasteiger partial charge in [0, 0.05) is 14.5 Å². The van der Waals surface area contributed by atoms with E-state index in [1.807, 2.05) is 54.6 Å². The lowest BCUT2D eigenvalue weighted by atomic mass is 10.0. The van der Waals surface area contributed by atoms with Crippen molar-refractivity contribution in [3.63, 3.8) is 0 Å². The number of para-hydroxylation sites is 1. The minimum Gasteiger partial charge on any atom is -0.493 e. The van der Waals surface area contributed by atoms with Crippen LogP contribution in [0.1, 0.15) is 26.4 Å². The van der Waals surface area contributed by atoms with E-state index < -0.39 is 5.97 Å². The van der Waals surface area contributed by atoms with Crippen molar-refractivity contribution in [2.24, 2.45) is 5.10 Å². The Morgan fingerprint density at radius 3 is 2.37 bits per heavy atom. The number of carbonyl (C=O) groups excluding carboxylic acids is 2. The Morgan fingerprint density at radius 1 is 0.895 bits per heavy atom. The number of H-pyrrole nitrogens is 1. The zero-order chi connectivity index (χ0) is 26.5. The molecule has 0 saturated carbocycles. The molecule has 1 heterocycles. The largest absolute Gasteiger partial charge is 0.493 e. The van der Waals surface area contributed by atoms with Crippen molar-refractivity contribution in [1.29, 1.82) is 0 Å². The number of hydrogen-bond donors (Lipinski definition) is 2. The molecule has 0 aliphatic carbocycles. The summed E-state index contributed by atoms with van der Waals surface area (Å²) in [4.78, 5) is 28.9. The van der Waals surface area contributed by atoms with Gasteiger partial charge in [-0.05, 0) is 70.1 Å². The first-order valence-electron chi connectivity index (χ1n) is 11.7. The molecule has 0 aliphatic heterocycles. The highest BCUT2D eigenvalue weighted by atomic mass is 127. The average Bonchev–Trinajstić information content (AvgIpc) is 3.36. The van der Waals surface area contributed by atoms with Gasteiger partial charge in [-0.2, -0.15) is 5.10 Å². The number of fused-ring (bicyclic) bond motifs is 1. The number of hydrazone groups is 1. The Kier molecular flexibility index (Phi) is 7.50. The van der Waals surface area contributed by atoms with Crippen molar-refractivity contribution in [3.05, 3.63) is 117 Å². The zero-order valence-corrected chi connectivity index (χ0v) is 22.4. The van der Waals surface area contributed by atoms with Gasteiger partial charge < -0.3 is 14.5 Å². The normalized spacial score (nSPS) is 11.0. The van der Waals surface area contributed by atoms with Gasteiger partial charge in [-0.25, -0.2) is 10.2 Å². The van der Waals surface area contributed by atoms with E-state index in [0.717, 1.165) is 25.6 Å². The van der Waals surface area contributed by atoms with Crippen LogP contribution in [0.5, 0.6) is 11.5 Å². The van der Waals surface area contributed by atoms with Gasteiger partial charge in [-0.1, -0.05) is 60.7 Å². The number of methoxy groups -OCH3 is 1. The third-order valence-corrected chi connectivity index (χ3v) is 6.75. The molecule has 0 atom stereocenters. The van der Waals surface area contributed by atoms with E-state index in [0.29, 0.717) is 22.6 Å². The molecular weight excluding hydrogens is 593 g/mol. The summed E-state index contributed by atoms with van der Waals surface area (Å²) in [5, 5.41) is 5.11. The van der Waals surface area contributed by atoms with Crippen LogP contribution in [0.15, 0.2) is 102 Å². The molecule has 1 aromatic heterocycles. The molecule has 0 aliphatic rings. The molecule has 2 N–H and O–H groups in total. The molecule has 0 saturated heterocycles. The topological polar surface area (TPSA) is 92.8 Å². The Labute approximate surface area is 232 Å². The van der Waals surface area contributed by atoms with Gasteiger partial charge >= 0.3 is 5.97 Å². The number of aromatic nitrogens is 1. The van der Waals surface area contributed by atoms with Crippen molar-refractivity contribution < 1.29 is 19.1 Å². The second kappa shape index (κ2) is 11.3. The molecule has 0 spiro atoms. The van der Waals surface area contributed by atoms with Crippen molar-refractivity contribution in [1.82, 2.24) is 10.4 Å². The first kappa shape index (κ1) is 25.2. The molecule has 4 aromatic carbocycles. The minimum atomic E-state index is -0.486. The second-order valence-corrected chi connectivity index (χ2v) is 9.43. The standard InChI is InChI=1S/C30H22IN3O4/c1-37-25-17-19(15-16-24(25)38-30(36)21-11-6-3-7-12-21)18-32-34-29(35)28-26(20-9-4-2-5-10-20)22-13-8-14-23(31)27(22)33-28/h2-18,33H,1H3,(H,34,35). The molecule has 8 heteroatoms. The number of benzene rings is 4. The van der Waals surface area contributed by atoms with Gasteiger partial charge in [0.1, 0.15) is 5.69 Å². The molecule has 7 nitrogen and oxygen atoms in total. The van der Waals surface area contributed by atoms with E-state index in [9.17, 15) is 9.59 Å². The molecule has 188 valence electrons. The first-order valence-corrected chi connectivity index (χ1v) is 12.8. The number of nitrogens with zero attached hydrogens (tertiary/aromatic N) is 1. The number of aromatic amines is 1. The summed E-state index contributed by atoms with van der Waals surface area (Å²) >= 11 is 2.25. The maximum atomic E-state index is 13.2. The van der Waals surface area contributed by atoms with E-state index in [1.54, 1.807) is 42.5 Å². The summed E-state index contributed by atoms with van der Waals surface area (Å²) in [6.07, 6.45) is 1.50. The molecule has 0 bridgehead atoms. The summed E-state index contributed by atoms with van der Waals surface area (Å²) < 4.78 is 11.9. The number of halogens is 1. The smallest absolute Gasteiger partial charge is 0.343 e. The highest BCUT2D eigenvalue weighted by Crippen LogP contribution is 2.34. The van der Waals surface area contributed by atoms with Crippen LogP contribution in [0.25, 0.3) is 22.0 Å². The fourth-order valence-electron chi connectivity index (χ4n) is 4.06. The van der Waals surface area contributed by atoms with Gasteiger partial charge in [-0.15, -0.1) is 0 Å². The van der Waals surface area contributed by atoms with E-state index >= 15 is 0 Å². The predicted octanol–water partition coefficient (Wildman–Crippen LogP) is 6.43. The van der Waals surface area contributed by atoms with Crippen LogP contribution in [-0.4, -0.2) is 30.2 Å². The Morgan fingerprint density at radius 2 is 1.63 bits per heavy atom. The molecule has 1 amide bonds. The van der Waals surface area contributed by atoms with Crippen LogP contribution in [0.4, 0.5) is 0 Å². The lowest BCUT2D eigenvalue weighted by molar-refractivity contribution is 0.0729. The highest BCUT2D eigenvalue weighted by Gasteiger charge is 2.20. The molecule has 0 unspecified atom stereocenters. The minimum absolute atomic E-state index is 0.280. The molecule has 38 heavy (non-hydrogen) atoms. The van der Waals surface area contributed by atoms with Crippen molar-refractivity contribution in [3.8, 4) is 22.6 Å². The maximum absolute atomic E-state index is 13.2. The lowest BCUT2D eigenvalue weighted by Crippen LogP contribution is -2.18. The van der Waals surface area contributed by atoms with Crippen LogP contribution in [0.3, 0.4) is 0 Å². The number of carbonyl (C=O) groups is 2. The van der Waals surface area contributed by atoms with Crippen molar-refractivity contribution in [2.45, 2.75) is 0 Å². The summed E-state index contributed by atoms with van der Waals surface area (Å²) in [5.74, 6) is -0.212. The van der Waals surface area contributed by atoms with E-state index in [-0.39, 0.29) is 11.7 Å². The van der Waals surface area contributed by atoms with Crippen LogP contribution in [0.2, 0.25) is 0 Å². The zero-order valence-electron chi connectivity index (χ0n) is 20.3. The second-order valence-electron chi connectivity index (χ2n) is 8.27. The predicted molar refractivity (Wildman–Crippen MR) is 156 cm³/mol. The van der Waals surface area contributed by atoms with E-state index in [4.69, 9.17) is 9.47 Å². The van der Waals surface area contributed by atoms with Gasteiger partial charge in [-0.3, -0.25) is 4.79 Å². The van der Waals surface area contributed by atoms with Crippen LogP contribution in [0, 0.1) is 3.57 Å². The van der Waals surface area contributed by atoms with Crippen LogP contribution < -0.4 is 14.9 Å². The Hall–Kier alpha value is -4.44. The number of esters is 1. The summed E-state index contributed by atoms with van der Waals surface area (Å²) in [5.41, 5.74) is 6.77. The Balaban J connectivity index is 1.36. The van der Waals surface area contributed by atoms with Crippen LogP contribution >= 0.6 is 22.6 Å². The van der Waals surface area contributed by atoms with Crippen LogP contribution in [-0.2, 0) is 0 Å². The average molecular weight is 615 g/mol. The number of ether oxygens (including phenoxy) is 2. The third kappa shape index (κ3) is 5.30. The summed E-state index contributed by atoms with van der Waals surface area (Å²) in [6.45, 7) is 0. The molecular formula is C30H22IN3O4. The third-order valence-electron chi connectivity index (χ3n) is 5.85. The molecule has 0 radical (unpaired) electrons. The highest BCUT2D eigenvalue weighted by molar-refractivity contribution is 14.1. The molecule has 5 aromatic rings. The van der Waals surface area contributed by atoms with Gasteiger partial charge in [0.2, 0.25) is 0 Å². The first-order chi connectivity index (χ1) is 18.5. The Bertz CT molecular complexity index is 1650. The summed E-state index contributed by atoms with van der Waals surface area (Å²) in [6, 6.07) is 29.4. The quantitative estimate of drug-likeness (QED) is 0.0726. The number of nitrogens with one attached hydrogen (secondary N) is 2. The maximum Gasteiger partial charge on any atom is 0.343 e. The van der Waals surface area contributed by atoms with E-state index in [1.165, 1.54) is 13.3 Å².